The van der Waals surface area contributed by atoms with Crippen LogP contribution in [0.15, 0.2) is 27.6 Å². The maximum Gasteiger partial charge on any atom is 0.335 e. The highest BCUT2D eigenvalue weighted by molar-refractivity contribution is 5.75. The Kier molecular flexibility index (Phi) is 7.58. The summed E-state index contributed by atoms with van der Waals surface area (Å²) in [6.45, 7) is 7.75. The first-order valence-electron chi connectivity index (χ1n) is 16.0. The van der Waals surface area contributed by atoms with E-state index in [1.54, 1.807) is 6.26 Å². The number of amides is 2. The van der Waals surface area contributed by atoms with Gasteiger partial charge in [-0.3, -0.25) is 0 Å². The third-order valence-electron chi connectivity index (χ3n) is 12.6. The molecule has 2 amide bonds. The fraction of sp³-hybridized carbons (Fsp3) is 0.812. The molecule has 4 aliphatic carbocycles. The molecule has 8 nitrogen and oxygen atoms in total. The average Bonchev–Trinajstić information content (AvgIpc) is 3.23. The third-order valence-corrected chi connectivity index (χ3v) is 12.6. The minimum Gasteiger partial charge on any atom is -0.431 e. The molecule has 0 unspecified atom stereocenters. The molecule has 1 aliphatic heterocycles. The Labute approximate surface area is 238 Å². The van der Waals surface area contributed by atoms with E-state index in [1.165, 1.54) is 6.07 Å². The van der Waals surface area contributed by atoms with Crippen molar-refractivity contribution in [2.24, 2.45) is 34.3 Å². The number of carbonyl (C=O) groups excluding carboxylic acids is 1. The van der Waals surface area contributed by atoms with Gasteiger partial charge in [0.1, 0.15) is 0 Å². The van der Waals surface area contributed by atoms with E-state index in [2.05, 4.69) is 24.5 Å². The Morgan fingerprint density at radius 1 is 1.12 bits per heavy atom. The van der Waals surface area contributed by atoms with Gasteiger partial charge in [0.15, 0.2) is 0 Å². The van der Waals surface area contributed by atoms with E-state index >= 15 is 0 Å². The molecule has 0 bridgehead atoms. The van der Waals surface area contributed by atoms with Gasteiger partial charge in [-0.2, -0.15) is 0 Å². The fourth-order valence-corrected chi connectivity index (χ4v) is 10.4. The number of nitrogens with zero attached hydrogens (tertiary/aromatic N) is 1. The molecule has 0 radical (unpaired) electrons. The quantitative estimate of drug-likeness (QED) is 0.437. The number of nitrogens with two attached hydrogens (primary N) is 1. The number of urea groups is 1. The van der Waals surface area contributed by atoms with E-state index in [9.17, 15) is 14.7 Å². The summed E-state index contributed by atoms with van der Waals surface area (Å²) in [6, 6.07) is 3.91. The van der Waals surface area contributed by atoms with Crippen LogP contribution in [0.1, 0.15) is 96.0 Å². The van der Waals surface area contributed by atoms with Crippen LogP contribution in [0.3, 0.4) is 0 Å². The van der Waals surface area contributed by atoms with E-state index in [-0.39, 0.29) is 40.5 Å². The highest BCUT2D eigenvalue weighted by Gasteiger charge is 2.67. The number of rotatable bonds is 5. The maximum atomic E-state index is 13.4. The minimum absolute atomic E-state index is 0.0536. The topological polar surface area (TPSA) is 121 Å². The van der Waals surface area contributed by atoms with Crippen molar-refractivity contribution >= 4 is 6.03 Å². The molecule has 9 atom stereocenters. The van der Waals surface area contributed by atoms with Crippen LogP contribution < -0.4 is 22.0 Å². The van der Waals surface area contributed by atoms with Crippen molar-refractivity contribution in [1.82, 2.24) is 15.5 Å². The molecular formula is C32H50N4O4. The Bertz CT molecular complexity index is 1120. The van der Waals surface area contributed by atoms with Crippen molar-refractivity contribution in [3.8, 4) is 0 Å². The second kappa shape index (κ2) is 10.7. The monoisotopic (exact) mass is 554 g/mol. The van der Waals surface area contributed by atoms with Crippen LogP contribution in [0, 0.1) is 28.6 Å². The minimum atomic E-state index is -0.693. The predicted molar refractivity (Wildman–Crippen MR) is 155 cm³/mol. The second-order valence-corrected chi connectivity index (χ2v) is 14.3. The van der Waals surface area contributed by atoms with Crippen molar-refractivity contribution in [3.63, 3.8) is 0 Å². The number of piperidine rings is 1. The van der Waals surface area contributed by atoms with Gasteiger partial charge in [0, 0.05) is 43.2 Å². The SMILES string of the molecule is C[C@]12CC[C@H](N(CCN)C(=O)N[C@@H]3CCCNC3)C[C@H]1CC[C@@H]1[C@@H]2CC[C@]2(C)[C@@H](c3ccc(=O)oc3)CC[C@]12O. The normalized spacial score (nSPS) is 42.8. The molecule has 1 aromatic rings. The number of nitrogens with one attached hydrogen (secondary N) is 2. The van der Waals surface area contributed by atoms with Gasteiger partial charge in [0.25, 0.3) is 0 Å². The lowest BCUT2D eigenvalue weighted by Gasteiger charge is -2.64. The molecule has 5 fully saturated rings. The lowest BCUT2D eigenvalue weighted by Crippen LogP contribution is -2.63. The van der Waals surface area contributed by atoms with Gasteiger partial charge in [-0.1, -0.05) is 13.8 Å². The highest BCUT2D eigenvalue weighted by Crippen LogP contribution is 2.70. The third kappa shape index (κ3) is 4.53. The molecule has 5 aliphatic rings. The fourth-order valence-electron chi connectivity index (χ4n) is 10.4. The first-order valence-corrected chi connectivity index (χ1v) is 16.0. The molecule has 2 heterocycles. The second-order valence-electron chi connectivity index (χ2n) is 14.3. The summed E-state index contributed by atoms with van der Waals surface area (Å²) in [7, 11) is 0. The van der Waals surface area contributed by atoms with E-state index in [0.29, 0.717) is 30.8 Å². The van der Waals surface area contributed by atoms with Crippen molar-refractivity contribution in [2.45, 2.75) is 108 Å². The van der Waals surface area contributed by atoms with Crippen LogP contribution in [-0.4, -0.2) is 59.9 Å². The summed E-state index contributed by atoms with van der Waals surface area (Å²) in [5.74, 6) is 1.58. The molecule has 8 heteroatoms. The van der Waals surface area contributed by atoms with Gasteiger partial charge < -0.3 is 30.8 Å². The molecule has 0 spiro atoms. The Morgan fingerprint density at radius 2 is 1.98 bits per heavy atom. The van der Waals surface area contributed by atoms with Gasteiger partial charge >= 0.3 is 11.7 Å². The zero-order valence-electron chi connectivity index (χ0n) is 24.5. The number of carbonyl (C=O) groups is 1. The van der Waals surface area contributed by atoms with Crippen LogP contribution in [0.5, 0.6) is 0 Å². The van der Waals surface area contributed by atoms with Crippen LogP contribution in [0.2, 0.25) is 0 Å². The van der Waals surface area contributed by atoms with Crippen LogP contribution >= 0.6 is 0 Å². The Hall–Kier alpha value is -1.90. The van der Waals surface area contributed by atoms with E-state index in [1.807, 2.05) is 11.0 Å². The van der Waals surface area contributed by atoms with Crippen molar-refractivity contribution in [1.29, 1.82) is 0 Å². The number of hydrogen-bond acceptors (Lipinski definition) is 6. The maximum absolute atomic E-state index is 13.4. The molecule has 4 saturated carbocycles. The summed E-state index contributed by atoms with van der Waals surface area (Å²) in [4.78, 5) is 27.1. The van der Waals surface area contributed by atoms with Gasteiger partial charge in [-0.25, -0.2) is 9.59 Å². The molecule has 0 aromatic carbocycles. The smallest absolute Gasteiger partial charge is 0.335 e. The number of fused-ring (bicyclic) bond motifs is 5. The lowest BCUT2D eigenvalue weighted by atomic mass is 9.43. The largest absolute Gasteiger partial charge is 0.431 e. The molecule has 1 saturated heterocycles. The summed E-state index contributed by atoms with van der Waals surface area (Å²) in [6.07, 6.45) is 13.0. The summed E-state index contributed by atoms with van der Waals surface area (Å²) < 4.78 is 5.25. The molecule has 5 N–H and O–H groups in total. The van der Waals surface area contributed by atoms with Crippen LogP contribution in [-0.2, 0) is 0 Å². The Morgan fingerprint density at radius 3 is 2.70 bits per heavy atom. The van der Waals surface area contributed by atoms with E-state index < -0.39 is 5.60 Å². The molecule has 6 rings (SSSR count). The summed E-state index contributed by atoms with van der Waals surface area (Å²) in [5.41, 5.74) is 6.03. The van der Waals surface area contributed by atoms with Gasteiger partial charge in [-0.05, 0) is 118 Å². The van der Waals surface area contributed by atoms with Crippen LogP contribution in [0.25, 0.3) is 0 Å². The predicted octanol–water partition coefficient (Wildman–Crippen LogP) is 3.97. The highest BCUT2D eigenvalue weighted by atomic mass is 16.4. The number of hydrogen-bond donors (Lipinski definition) is 4. The van der Waals surface area contributed by atoms with Crippen molar-refractivity contribution in [2.75, 3.05) is 26.2 Å². The van der Waals surface area contributed by atoms with E-state index in [4.69, 9.17) is 10.2 Å². The van der Waals surface area contributed by atoms with Crippen molar-refractivity contribution in [3.05, 3.63) is 34.4 Å². The Balaban J connectivity index is 1.17. The molecule has 1 aromatic heterocycles. The van der Waals surface area contributed by atoms with Crippen LogP contribution in [0.4, 0.5) is 4.79 Å². The average molecular weight is 555 g/mol. The van der Waals surface area contributed by atoms with Gasteiger partial charge in [-0.15, -0.1) is 0 Å². The van der Waals surface area contributed by atoms with Gasteiger partial charge in [0.05, 0.1) is 11.9 Å². The lowest BCUT2D eigenvalue weighted by molar-refractivity contribution is -0.203. The zero-order valence-corrected chi connectivity index (χ0v) is 24.5. The summed E-state index contributed by atoms with van der Waals surface area (Å²) >= 11 is 0. The first kappa shape index (κ1) is 28.2. The van der Waals surface area contributed by atoms with E-state index in [0.717, 1.165) is 89.3 Å². The number of aliphatic hydroxyl groups is 1. The standard InChI is InChI=1S/C32H50N4O4/c1-30-12-9-24(36(17-15-33)29(38)35-23-4-3-16-34-19-23)18-22(30)6-7-27-26(30)10-13-31(2)25(11-14-32(27,31)39)21-5-8-28(37)40-20-21/h5,8,20,22-27,34,39H,3-4,6-7,9-19,33H2,1-2H3,(H,35,38)/t22-,23-,24+,25-,26+,27-,30+,31-,32+/m1/s1. The summed E-state index contributed by atoms with van der Waals surface area (Å²) in [5, 5.41) is 19.2. The zero-order chi connectivity index (χ0) is 28.1. The van der Waals surface area contributed by atoms with Gasteiger partial charge in [0.2, 0.25) is 0 Å². The first-order chi connectivity index (χ1) is 19.2. The van der Waals surface area contributed by atoms with Crippen molar-refractivity contribution < 1.29 is 14.3 Å². The molecule has 40 heavy (non-hydrogen) atoms. The molecule has 222 valence electrons. The molecular weight excluding hydrogens is 504 g/mol.